The largest absolute Gasteiger partial charge is 0.507 e. The minimum Gasteiger partial charge on any atom is -0.507 e. The van der Waals surface area contributed by atoms with Crippen LogP contribution in [0.15, 0.2) is 51.8 Å². The molecule has 0 amide bonds. The van der Waals surface area contributed by atoms with Crippen molar-refractivity contribution in [3.05, 3.63) is 69.1 Å². The third-order valence-corrected chi connectivity index (χ3v) is 7.21. The van der Waals surface area contributed by atoms with Crippen LogP contribution in [-0.4, -0.2) is 26.6 Å². The summed E-state index contributed by atoms with van der Waals surface area (Å²) < 4.78 is 31.2. The van der Waals surface area contributed by atoms with Gasteiger partial charge in [0.05, 0.1) is 12.0 Å². The number of benzene rings is 2. The maximum Gasteiger partial charge on any atom is 0.333 e. The van der Waals surface area contributed by atoms with E-state index in [0.717, 1.165) is 0 Å². The molecule has 0 aliphatic carbocycles. The number of allylic oxidation sites excluding steroid dienone is 1. The van der Waals surface area contributed by atoms with E-state index in [2.05, 4.69) is 4.74 Å². The Morgan fingerprint density at radius 1 is 0.943 bits per heavy atom. The number of aromatic hydroxyl groups is 1. The number of ether oxygens (including phenoxy) is 1. The maximum absolute atomic E-state index is 13.3. The summed E-state index contributed by atoms with van der Waals surface area (Å²) in [5.41, 5.74) is 2.06. The summed E-state index contributed by atoms with van der Waals surface area (Å²) >= 11 is 0. The molecule has 0 aromatic heterocycles. The summed E-state index contributed by atoms with van der Waals surface area (Å²) in [4.78, 5) is 11.1. The fourth-order valence-electron chi connectivity index (χ4n) is 3.54. The van der Waals surface area contributed by atoms with Crippen molar-refractivity contribution < 1.29 is 23.1 Å². The number of carbonyl (C=O) groups is 1. The van der Waals surface area contributed by atoms with Crippen LogP contribution in [0.4, 0.5) is 0 Å². The maximum atomic E-state index is 13.3. The van der Waals surface area contributed by atoms with E-state index in [0.29, 0.717) is 27.8 Å². The number of phenols is 1. The van der Waals surface area contributed by atoms with Gasteiger partial charge in [0.2, 0.25) is 9.84 Å². The van der Waals surface area contributed by atoms with Crippen molar-refractivity contribution in [3.63, 3.8) is 0 Å². The molecule has 0 atom stereocenters. The van der Waals surface area contributed by atoms with Crippen molar-refractivity contribution in [1.29, 1.82) is 5.26 Å². The van der Waals surface area contributed by atoms with Gasteiger partial charge in [-0.1, -0.05) is 53.7 Å². The summed E-state index contributed by atoms with van der Waals surface area (Å²) in [5.74, 6) is -0.302. The fourth-order valence-corrected chi connectivity index (χ4v) is 4.70. The third kappa shape index (κ3) is 6.40. The number of sulfone groups is 1. The number of hydrogen-bond acceptors (Lipinski definition) is 6. The second-order valence-corrected chi connectivity index (χ2v) is 12.4. The summed E-state index contributed by atoms with van der Waals surface area (Å²) in [6.07, 6.45) is 2.93. The average Bonchev–Trinajstić information content (AvgIpc) is 2.76. The van der Waals surface area contributed by atoms with Crippen LogP contribution in [0.1, 0.15) is 70.7 Å². The molecule has 2 aromatic rings. The van der Waals surface area contributed by atoms with Gasteiger partial charge in [-0.05, 0) is 65.3 Å². The first-order valence-corrected chi connectivity index (χ1v) is 12.6. The van der Waals surface area contributed by atoms with Crippen molar-refractivity contribution in [1.82, 2.24) is 0 Å². The van der Waals surface area contributed by atoms with E-state index in [1.54, 1.807) is 37.3 Å². The van der Waals surface area contributed by atoms with Crippen molar-refractivity contribution in [3.8, 4) is 11.8 Å². The van der Waals surface area contributed by atoms with Gasteiger partial charge in [-0.25, -0.2) is 13.2 Å². The highest BCUT2D eigenvalue weighted by Crippen LogP contribution is 2.40. The summed E-state index contributed by atoms with van der Waals surface area (Å²) in [6, 6.07) is 11.2. The molecule has 0 saturated heterocycles. The number of hydrogen-bond donors (Lipinski definition) is 1. The topological polar surface area (TPSA) is 104 Å². The van der Waals surface area contributed by atoms with Gasteiger partial charge in [-0.15, -0.1) is 0 Å². The van der Waals surface area contributed by atoms with Crippen LogP contribution in [-0.2, 0) is 30.2 Å². The third-order valence-electron chi connectivity index (χ3n) is 5.53. The van der Waals surface area contributed by atoms with Crippen LogP contribution in [0.5, 0.6) is 5.75 Å². The van der Waals surface area contributed by atoms with E-state index in [9.17, 15) is 23.6 Å². The van der Waals surface area contributed by atoms with Gasteiger partial charge in [0, 0.05) is 16.7 Å². The summed E-state index contributed by atoms with van der Waals surface area (Å²) in [6.45, 7) is 13.4. The molecule has 186 valence electrons. The van der Waals surface area contributed by atoms with Crippen LogP contribution >= 0.6 is 0 Å². The Labute approximate surface area is 208 Å². The molecule has 0 radical (unpaired) electrons. The Balaban J connectivity index is 2.60. The van der Waals surface area contributed by atoms with Crippen LogP contribution in [0.3, 0.4) is 0 Å². The van der Waals surface area contributed by atoms with Crippen molar-refractivity contribution >= 4 is 28.0 Å². The highest BCUT2D eigenvalue weighted by Gasteiger charge is 2.27. The smallest absolute Gasteiger partial charge is 0.333 e. The lowest BCUT2D eigenvalue weighted by Crippen LogP contribution is -2.17. The lowest BCUT2D eigenvalue weighted by atomic mass is 9.78. The van der Waals surface area contributed by atoms with E-state index in [1.165, 1.54) is 25.3 Å². The normalized spacial score (nSPS) is 13.3. The first kappa shape index (κ1) is 27.9. The summed E-state index contributed by atoms with van der Waals surface area (Å²) in [5, 5.41) is 20.7. The van der Waals surface area contributed by atoms with E-state index in [1.807, 2.05) is 47.6 Å². The van der Waals surface area contributed by atoms with E-state index >= 15 is 0 Å². The molecule has 0 fully saturated rings. The van der Waals surface area contributed by atoms with Crippen molar-refractivity contribution in [2.75, 3.05) is 7.11 Å². The van der Waals surface area contributed by atoms with Gasteiger partial charge in [0.25, 0.3) is 0 Å². The Bertz CT molecular complexity index is 1290. The summed E-state index contributed by atoms with van der Waals surface area (Å²) in [7, 11) is -2.81. The van der Waals surface area contributed by atoms with Gasteiger partial charge in [-0.3, -0.25) is 0 Å². The highest BCUT2D eigenvalue weighted by molar-refractivity contribution is 7.95. The number of carbonyl (C=O) groups excluding carboxylic acids is 1. The number of rotatable bonds is 5. The highest BCUT2D eigenvalue weighted by atomic mass is 32.2. The molecule has 0 bridgehead atoms. The first-order chi connectivity index (χ1) is 16.0. The lowest BCUT2D eigenvalue weighted by Gasteiger charge is -2.28. The average molecular weight is 496 g/mol. The number of methoxy groups -OCH3 is 1. The van der Waals surface area contributed by atoms with Gasteiger partial charge >= 0.3 is 5.97 Å². The Hall–Kier alpha value is -3.37. The SMILES string of the molecule is COC(=O)/C(C)=C/c1ccc(S(=O)(=O)/C(C#N)=C/c2cc(C(C)(C)C)c(O)c(C(C)(C)C)c2)cc1. The van der Waals surface area contributed by atoms with Gasteiger partial charge in [0.15, 0.2) is 0 Å². The fraction of sp³-hybridized carbons (Fsp3) is 0.357. The molecule has 0 saturated carbocycles. The standard InChI is InChI=1S/C28H33NO5S/c1-18(26(31)34-8)13-19-9-11-21(12-10-19)35(32,33)22(17-29)14-20-15-23(27(2,3)4)25(30)24(16-20)28(5,6)7/h9-16,30H,1-8H3/b18-13+,22-14+. The molecule has 2 aromatic carbocycles. The molecule has 0 unspecified atom stereocenters. The predicted octanol–water partition coefficient (Wildman–Crippen LogP) is 5.90. The molecule has 35 heavy (non-hydrogen) atoms. The van der Waals surface area contributed by atoms with Crippen molar-refractivity contribution in [2.24, 2.45) is 0 Å². The zero-order valence-corrected chi connectivity index (χ0v) is 22.4. The van der Waals surface area contributed by atoms with Crippen LogP contribution < -0.4 is 0 Å². The van der Waals surface area contributed by atoms with Crippen LogP contribution in [0, 0.1) is 11.3 Å². The van der Waals surface area contributed by atoms with Gasteiger partial charge in [0.1, 0.15) is 16.7 Å². The predicted molar refractivity (Wildman–Crippen MR) is 138 cm³/mol. The molecular weight excluding hydrogens is 462 g/mol. The molecule has 6 nitrogen and oxygen atoms in total. The number of esters is 1. The zero-order valence-electron chi connectivity index (χ0n) is 21.6. The Morgan fingerprint density at radius 2 is 1.43 bits per heavy atom. The second kappa shape index (κ2) is 10.1. The molecule has 0 spiro atoms. The second-order valence-electron chi connectivity index (χ2n) is 10.5. The molecule has 0 aliphatic heterocycles. The number of phenolic OH excluding ortho intramolecular Hbond substituents is 1. The minimum atomic E-state index is -4.10. The van der Waals surface area contributed by atoms with Gasteiger partial charge < -0.3 is 9.84 Å². The molecular formula is C28H33NO5S. The van der Waals surface area contributed by atoms with E-state index in [4.69, 9.17) is 0 Å². The molecule has 1 N–H and O–H groups in total. The number of nitrogens with zero attached hydrogens (tertiary/aromatic N) is 1. The Kier molecular flexibility index (Phi) is 8.03. The van der Waals surface area contributed by atoms with E-state index in [-0.39, 0.29) is 10.6 Å². The Morgan fingerprint density at radius 3 is 1.83 bits per heavy atom. The first-order valence-electron chi connectivity index (χ1n) is 11.1. The quantitative estimate of drug-likeness (QED) is 0.314. The minimum absolute atomic E-state index is 0.0379. The van der Waals surface area contributed by atoms with Crippen molar-refractivity contribution in [2.45, 2.75) is 64.2 Å². The van der Waals surface area contributed by atoms with E-state index < -0.39 is 31.5 Å². The van der Waals surface area contributed by atoms with Crippen LogP contribution in [0.25, 0.3) is 12.2 Å². The van der Waals surface area contributed by atoms with Crippen LogP contribution in [0.2, 0.25) is 0 Å². The molecule has 2 rings (SSSR count). The lowest BCUT2D eigenvalue weighted by molar-refractivity contribution is -0.135. The number of nitriles is 1. The molecule has 0 heterocycles. The molecule has 0 aliphatic rings. The van der Waals surface area contributed by atoms with Gasteiger partial charge in [-0.2, -0.15) is 5.26 Å². The molecule has 7 heteroatoms. The monoisotopic (exact) mass is 495 g/mol. The zero-order chi connectivity index (χ0) is 26.8.